The standard InChI is InChI=1S/C19H21F3N4O2/c20-19(21,22)12-25(11-15-6-4-14(10-23)5-7-15)13-26-16(27)18(24-17(26)28)8-2-1-3-9-18/h4-7H,1-3,8-9,11-13H2,(H,24,28). The van der Waals surface area contributed by atoms with Gasteiger partial charge in [0, 0.05) is 6.54 Å². The zero-order valence-electron chi connectivity index (χ0n) is 15.3. The maximum Gasteiger partial charge on any atom is 0.401 e. The number of halogens is 3. The van der Waals surface area contributed by atoms with Crippen LogP contribution in [0.4, 0.5) is 18.0 Å². The fourth-order valence-corrected chi connectivity index (χ4v) is 3.85. The number of alkyl halides is 3. The normalized spacial score (nSPS) is 19.2. The molecule has 1 spiro atoms. The monoisotopic (exact) mass is 394 g/mol. The summed E-state index contributed by atoms with van der Waals surface area (Å²) in [4.78, 5) is 27.1. The number of carbonyl (C=O) groups excluding carboxylic acids is 2. The summed E-state index contributed by atoms with van der Waals surface area (Å²) in [6.45, 7) is -1.79. The van der Waals surface area contributed by atoms with Gasteiger partial charge in [-0.1, -0.05) is 31.4 Å². The number of imide groups is 1. The Hall–Kier alpha value is -2.60. The number of hydrogen-bond acceptors (Lipinski definition) is 4. The third kappa shape index (κ3) is 4.44. The fraction of sp³-hybridized carbons (Fsp3) is 0.526. The van der Waals surface area contributed by atoms with Gasteiger partial charge in [0.15, 0.2) is 0 Å². The number of hydrogen-bond donors (Lipinski definition) is 1. The first-order valence-electron chi connectivity index (χ1n) is 9.15. The van der Waals surface area contributed by atoms with E-state index in [0.29, 0.717) is 24.0 Å². The Bertz CT molecular complexity index is 780. The second kappa shape index (κ2) is 7.80. The van der Waals surface area contributed by atoms with Crippen molar-refractivity contribution < 1.29 is 22.8 Å². The Morgan fingerprint density at radius 3 is 2.36 bits per heavy atom. The topological polar surface area (TPSA) is 76.4 Å². The van der Waals surface area contributed by atoms with Crippen LogP contribution < -0.4 is 5.32 Å². The highest BCUT2D eigenvalue weighted by Gasteiger charge is 2.51. The van der Waals surface area contributed by atoms with Gasteiger partial charge in [-0.2, -0.15) is 18.4 Å². The van der Waals surface area contributed by atoms with Crippen molar-refractivity contribution in [2.24, 2.45) is 0 Å². The predicted molar refractivity (Wildman–Crippen MR) is 93.7 cm³/mol. The molecule has 0 aromatic heterocycles. The van der Waals surface area contributed by atoms with Crippen LogP contribution in [0.1, 0.15) is 43.2 Å². The zero-order chi connectivity index (χ0) is 20.4. The van der Waals surface area contributed by atoms with Crippen LogP contribution in [0.15, 0.2) is 24.3 Å². The van der Waals surface area contributed by atoms with Crippen molar-refractivity contribution in [1.29, 1.82) is 5.26 Å². The van der Waals surface area contributed by atoms with Gasteiger partial charge in [-0.3, -0.25) is 9.69 Å². The maximum atomic E-state index is 13.1. The second-order valence-electron chi connectivity index (χ2n) is 7.36. The number of amides is 3. The highest BCUT2D eigenvalue weighted by Crippen LogP contribution is 2.34. The lowest BCUT2D eigenvalue weighted by Crippen LogP contribution is -2.49. The molecule has 1 aromatic rings. The summed E-state index contributed by atoms with van der Waals surface area (Å²) in [5.41, 5.74) is -0.00429. The van der Waals surface area contributed by atoms with Crippen LogP contribution in [0, 0.1) is 11.3 Å². The lowest BCUT2D eigenvalue weighted by atomic mass is 9.82. The number of urea groups is 1. The van der Waals surface area contributed by atoms with Gasteiger partial charge in [0.25, 0.3) is 5.91 Å². The SMILES string of the molecule is N#Cc1ccc(CN(CN2C(=O)NC3(CCCCC3)C2=O)CC(F)(F)F)cc1. The van der Waals surface area contributed by atoms with Gasteiger partial charge in [0.1, 0.15) is 5.54 Å². The van der Waals surface area contributed by atoms with Gasteiger partial charge in [-0.05, 0) is 30.5 Å². The quantitative estimate of drug-likeness (QED) is 0.779. The minimum Gasteiger partial charge on any atom is -0.323 e. The number of nitrogens with one attached hydrogen (secondary N) is 1. The predicted octanol–water partition coefficient (Wildman–Crippen LogP) is 3.13. The van der Waals surface area contributed by atoms with Crippen molar-refractivity contribution in [3.05, 3.63) is 35.4 Å². The van der Waals surface area contributed by atoms with Crippen LogP contribution >= 0.6 is 0 Å². The molecule has 1 aliphatic heterocycles. The van der Waals surface area contributed by atoms with E-state index in [0.717, 1.165) is 29.1 Å². The van der Waals surface area contributed by atoms with Gasteiger partial charge < -0.3 is 5.32 Å². The third-order valence-electron chi connectivity index (χ3n) is 5.19. The molecule has 0 radical (unpaired) electrons. The molecule has 1 N–H and O–H groups in total. The number of carbonyl (C=O) groups is 2. The molecule has 1 aromatic carbocycles. The maximum absolute atomic E-state index is 13.1. The molecule has 3 amide bonds. The van der Waals surface area contributed by atoms with Crippen LogP contribution in [0.25, 0.3) is 0 Å². The second-order valence-corrected chi connectivity index (χ2v) is 7.36. The van der Waals surface area contributed by atoms with Gasteiger partial charge in [-0.25, -0.2) is 9.69 Å². The van der Waals surface area contributed by atoms with Crippen molar-refractivity contribution in [3.63, 3.8) is 0 Å². The average molecular weight is 394 g/mol. The van der Waals surface area contributed by atoms with E-state index in [1.165, 1.54) is 12.1 Å². The Morgan fingerprint density at radius 1 is 1.14 bits per heavy atom. The lowest BCUT2D eigenvalue weighted by molar-refractivity contribution is -0.154. The van der Waals surface area contributed by atoms with Gasteiger partial charge in [-0.15, -0.1) is 0 Å². The lowest BCUT2D eigenvalue weighted by Gasteiger charge is -2.31. The molecule has 6 nitrogen and oxygen atoms in total. The molecule has 3 rings (SSSR count). The molecule has 28 heavy (non-hydrogen) atoms. The molecule has 2 aliphatic rings. The van der Waals surface area contributed by atoms with E-state index < -0.39 is 36.9 Å². The van der Waals surface area contributed by atoms with Crippen LogP contribution in [0.3, 0.4) is 0 Å². The van der Waals surface area contributed by atoms with Gasteiger partial charge >= 0.3 is 12.2 Å². The van der Waals surface area contributed by atoms with E-state index in [-0.39, 0.29) is 6.54 Å². The number of nitriles is 1. The average Bonchev–Trinajstić information content (AvgIpc) is 2.85. The molecule has 150 valence electrons. The van der Waals surface area contributed by atoms with E-state index in [2.05, 4.69) is 5.32 Å². The Morgan fingerprint density at radius 2 is 1.79 bits per heavy atom. The summed E-state index contributed by atoms with van der Waals surface area (Å²) in [6, 6.07) is 7.48. The van der Waals surface area contributed by atoms with E-state index in [1.54, 1.807) is 12.1 Å². The van der Waals surface area contributed by atoms with Crippen LogP contribution in [-0.2, 0) is 11.3 Å². The molecular formula is C19H21F3N4O2. The number of rotatable bonds is 5. The zero-order valence-corrected chi connectivity index (χ0v) is 15.3. The summed E-state index contributed by atoms with van der Waals surface area (Å²) in [6.07, 6.45) is -0.862. The van der Waals surface area contributed by atoms with Crippen molar-refractivity contribution in [2.75, 3.05) is 13.2 Å². The summed E-state index contributed by atoms with van der Waals surface area (Å²) in [5.74, 6) is -0.441. The summed E-state index contributed by atoms with van der Waals surface area (Å²) < 4.78 is 39.2. The summed E-state index contributed by atoms with van der Waals surface area (Å²) in [5, 5.41) is 11.5. The van der Waals surface area contributed by atoms with E-state index in [4.69, 9.17) is 5.26 Å². The van der Waals surface area contributed by atoms with Crippen LogP contribution in [0.2, 0.25) is 0 Å². The fourth-order valence-electron chi connectivity index (χ4n) is 3.85. The highest BCUT2D eigenvalue weighted by molar-refractivity contribution is 6.07. The molecular weight excluding hydrogens is 373 g/mol. The minimum atomic E-state index is -4.48. The highest BCUT2D eigenvalue weighted by atomic mass is 19.4. The Balaban J connectivity index is 1.76. The molecule has 1 heterocycles. The largest absolute Gasteiger partial charge is 0.401 e. The molecule has 2 fully saturated rings. The van der Waals surface area contributed by atoms with Crippen molar-refractivity contribution in [2.45, 2.75) is 50.4 Å². The molecule has 1 aliphatic carbocycles. The van der Waals surface area contributed by atoms with Crippen LogP contribution in [0.5, 0.6) is 0 Å². The van der Waals surface area contributed by atoms with Crippen molar-refractivity contribution in [3.8, 4) is 6.07 Å². The summed E-state index contributed by atoms with van der Waals surface area (Å²) >= 11 is 0. The molecule has 0 bridgehead atoms. The molecule has 9 heteroatoms. The smallest absolute Gasteiger partial charge is 0.323 e. The number of nitrogens with zero attached hydrogens (tertiary/aromatic N) is 3. The molecule has 1 saturated heterocycles. The van der Waals surface area contributed by atoms with E-state index >= 15 is 0 Å². The van der Waals surface area contributed by atoms with E-state index in [9.17, 15) is 22.8 Å². The third-order valence-corrected chi connectivity index (χ3v) is 5.19. The first-order valence-corrected chi connectivity index (χ1v) is 9.15. The number of benzene rings is 1. The first-order chi connectivity index (χ1) is 13.2. The van der Waals surface area contributed by atoms with Gasteiger partial charge in [0.2, 0.25) is 0 Å². The van der Waals surface area contributed by atoms with Crippen LogP contribution in [-0.4, -0.2) is 46.7 Å². The molecule has 0 unspecified atom stereocenters. The van der Waals surface area contributed by atoms with Crippen molar-refractivity contribution in [1.82, 2.24) is 15.1 Å². The first kappa shape index (κ1) is 20.1. The van der Waals surface area contributed by atoms with E-state index in [1.807, 2.05) is 6.07 Å². The molecule has 1 saturated carbocycles. The Kier molecular flexibility index (Phi) is 5.61. The molecule has 0 atom stereocenters. The minimum absolute atomic E-state index is 0.102. The van der Waals surface area contributed by atoms with Gasteiger partial charge in [0.05, 0.1) is 24.8 Å². The Labute approximate surface area is 160 Å². The van der Waals surface area contributed by atoms with Crippen molar-refractivity contribution >= 4 is 11.9 Å². The summed E-state index contributed by atoms with van der Waals surface area (Å²) in [7, 11) is 0.